The van der Waals surface area contributed by atoms with E-state index in [1.165, 1.54) is 18.4 Å². The fourth-order valence-corrected chi connectivity index (χ4v) is 3.48. The van der Waals surface area contributed by atoms with Gasteiger partial charge in [-0.25, -0.2) is 0 Å². The molecule has 2 aliphatic carbocycles. The van der Waals surface area contributed by atoms with Crippen molar-refractivity contribution in [2.45, 2.75) is 46.5 Å². The minimum atomic E-state index is 0. The molecule has 0 saturated carbocycles. The molecule has 0 radical (unpaired) electrons. The fraction of sp³-hybridized carbons (Fsp3) is 0.529. The molecule has 0 bridgehead atoms. The van der Waals surface area contributed by atoms with Crippen LogP contribution in [0.2, 0.25) is 0 Å². The van der Waals surface area contributed by atoms with Crippen LogP contribution in [-0.2, 0) is 38.7 Å². The molecule has 1 aromatic rings. The Morgan fingerprint density at radius 3 is 2.33 bits per heavy atom. The van der Waals surface area contributed by atoms with Crippen molar-refractivity contribution >= 4 is 6.08 Å². The van der Waals surface area contributed by atoms with Gasteiger partial charge in [-0.05, 0) is 46.4 Å². The van der Waals surface area contributed by atoms with E-state index >= 15 is 0 Å². The van der Waals surface area contributed by atoms with Gasteiger partial charge < -0.3 is 0 Å². The van der Waals surface area contributed by atoms with Crippen molar-refractivity contribution in [3.63, 3.8) is 0 Å². The number of fused-ring (bicyclic) bond motifs is 2. The Morgan fingerprint density at radius 2 is 1.72 bits per heavy atom. The van der Waals surface area contributed by atoms with Crippen LogP contribution in [0.25, 0.3) is 6.08 Å². The van der Waals surface area contributed by atoms with Crippen molar-refractivity contribution < 1.29 is 25.8 Å². The van der Waals surface area contributed by atoms with Gasteiger partial charge in [-0.2, -0.15) is 0 Å². The van der Waals surface area contributed by atoms with Gasteiger partial charge in [0.25, 0.3) is 0 Å². The first-order valence-electron chi connectivity index (χ1n) is 6.80. The zero-order chi connectivity index (χ0) is 12.2. The first-order valence-corrected chi connectivity index (χ1v) is 6.80. The Hall–Kier alpha value is -0.170. The molecule has 1 unspecified atom stereocenters. The third-order valence-electron chi connectivity index (χ3n) is 4.30. The normalized spacial score (nSPS) is 22.8. The second-order valence-corrected chi connectivity index (χ2v) is 6.90. The average molecular weight is 405 g/mol. The van der Waals surface area contributed by atoms with Crippen molar-refractivity contribution in [1.82, 2.24) is 0 Å². The summed E-state index contributed by atoms with van der Waals surface area (Å²) in [6.07, 6.45) is 7.21. The third-order valence-corrected chi connectivity index (χ3v) is 4.30. The maximum Gasteiger partial charge on any atom is 0.00503 e. The molecule has 1 heteroatoms. The minimum Gasteiger partial charge on any atom is -0.0761 e. The largest absolute Gasteiger partial charge is 0.0761 e. The number of benzene rings is 1. The van der Waals surface area contributed by atoms with Crippen LogP contribution in [0.1, 0.15) is 55.9 Å². The smallest absolute Gasteiger partial charge is 0.00503 e. The topological polar surface area (TPSA) is 0 Å². The first-order chi connectivity index (χ1) is 7.96. The predicted molar refractivity (Wildman–Crippen MR) is 74.2 cm³/mol. The molecule has 0 fully saturated rings. The first kappa shape index (κ1) is 14.2. The van der Waals surface area contributed by atoms with E-state index in [2.05, 4.69) is 52.0 Å². The maximum absolute atomic E-state index is 2.49. The van der Waals surface area contributed by atoms with Crippen LogP contribution >= 0.6 is 0 Å². The molecular weight excluding hydrogens is 383 g/mol. The van der Waals surface area contributed by atoms with Crippen LogP contribution in [-0.4, -0.2) is 0 Å². The van der Waals surface area contributed by atoms with Gasteiger partial charge in [-0.15, -0.1) is 0 Å². The summed E-state index contributed by atoms with van der Waals surface area (Å²) < 4.78 is 0. The van der Waals surface area contributed by atoms with Gasteiger partial charge in [0.2, 0.25) is 0 Å². The van der Waals surface area contributed by atoms with Crippen LogP contribution in [0.15, 0.2) is 18.2 Å². The van der Waals surface area contributed by atoms with E-state index in [-0.39, 0.29) is 25.8 Å². The quantitative estimate of drug-likeness (QED) is 0.601. The minimum absolute atomic E-state index is 0. The number of hydrogen-bond donors (Lipinski definition) is 0. The molecule has 1 aromatic carbocycles. The third kappa shape index (κ3) is 2.31. The SMILES string of the molecule is CC(C)C1C=Cc2cc3c(cc21)CC(C)(C)C3.[Hf]. The fourth-order valence-electron chi connectivity index (χ4n) is 3.48. The molecule has 0 heterocycles. The number of allylic oxidation sites excluding steroid dienone is 1. The molecule has 0 nitrogen and oxygen atoms in total. The molecule has 0 N–H and O–H groups in total. The summed E-state index contributed by atoms with van der Waals surface area (Å²) in [5, 5.41) is 0. The Morgan fingerprint density at radius 1 is 1.11 bits per heavy atom. The molecule has 0 aromatic heterocycles. The molecule has 0 spiro atoms. The molecular formula is C17H22Hf. The molecule has 0 saturated heterocycles. The van der Waals surface area contributed by atoms with E-state index in [9.17, 15) is 0 Å². The van der Waals surface area contributed by atoms with Crippen LogP contribution in [0, 0.1) is 11.3 Å². The molecule has 1 atom stereocenters. The molecule has 94 valence electrons. The molecule has 2 aliphatic rings. The summed E-state index contributed by atoms with van der Waals surface area (Å²) in [6, 6.07) is 4.93. The standard InChI is InChI=1S/C17H22.Hf/c1-11(2)15-6-5-12-7-13-9-17(3,4)10-14(13)8-16(12)15;/h5-8,11,15H,9-10H2,1-4H3;. The molecule has 18 heavy (non-hydrogen) atoms. The second kappa shape index (κ2) is 4.74. The molecule has 0 aliphatic heterocycles. The van der Waals surface area contributed by atoms with E-state index < -0.39 is 0 Å². The Labute approximate surface area is 130 Å². The van der Waals surface area contributed by atoms with Gasteiger partial charge in [0.05, 0.1) is 0 Å². The van der Waals surface area contributed by atoms with Crippen molar-refractivity contribution in [3.8, 4) is 0 Å². The molecule has 3 rings (SSSR count). The van der Waals surface area contributed by atoms with Gasteiger partial charge in [0.1, 0.15) is 0 Å². The van der Waals surface area contributed by atoms with E-state index in [1.54, 1.807) is 16.7 Å². The van der Waals surface area contributed by atoms with Crippen molar-refractivity contribution in [1.29, 1.82) is 0 Å². The predicted octanol–water partition coefficient (Wildman–Crippen LogP) is 4.58. The van der Waals surface area contributed by atoms with Crippen LogP contribution < -0.4 is 0 Å². The van der Waals surface area contributed by atoms with Crippen molar-refractivity contribution in [2.24, 2.45) is 11.3 Å². The van der Waals surface area contributed by atoms with Crippen molar-refractivity contribution in [2.75, 3.05) is 0 Å². The van der Waals surface area contributed by atoms with Gasteiger partial charge >= 0.3 is 0 Å². The zero-order valence-corrected chi connectivity index (χ0v) is 15.5. The summed E-state index contributed by atoms with van der Waals surface area (Å²) >= 11 is 0. The van der Waals surface area contributed by atoms with Crippen LogP contribution in [0.3, 0.4) is 0 Å². The van der Waals surface area contributed by atoms with E-state index in [0.717, 1.165) is 0 Å². The average Bonchev–Trinajstić information content (AvgIpc) is 2.71. The summed E-state index contributed by atoms with van der Waals surface area (Å²) in [5.41, 5.74) is 6.69. The van der Waals surface area contributed by atoms with E-state index in [4.69, 9.17) is 0 Å². The number of rotatable bonds is 1. The van der Waals surface area contributed by atoms with Crippen molar-refractivity contribution in [3.05, 3.63) is 40.5 Å². The van der Waals surface area contributed by atoms with Crippen LogP contribution in [0.5, 0.6) is 0 Å². The van der Waals surface area contributed by atoms with Gasteiger partial charge in [0.15, 0.2) is 0 Å². The van der Waals surface area contributed by atoms with Crippen LogP contribution in [0.4, 0.5) is 0 Å². The van der Waals surface area contributed by atoms with E-state index in [1.807, 2.05) is 0 Å². The number of hydrogen-bond acceptors (Lipinski definition) is 0. The van der Waals surface area contributed by atoms with E-state index in [0.29, 0.717) is 17.3 Å². The van der Waals surface area contributed by atoms with Gasteiger partial charge in [0, 0.05) is 31.8 Å². The summed E-state index contributed by atoms with van der Waals surface area (Å²) in [4.78, 5) is 0. The summed E-state index contributed by atoms with van der Waals surface area (Å²) in [7, 11) is 0. The monoisotopic (exact) mass is 406 g/mol. The maximum atomic E-state index is 2.49. The summed E-state index contributed by atoms with van der Waals surface area (Å²) in [5.74, 6) is 1.35. The second-order valence-electron chi connectivity index (χ2n) is 6.90. The molecule has 0 amide bonds. The van der Waals surface area contributed by atoms with Gasteiger partial charge in [-0.1, -0.05) is 52.0 Å². The Balaban J connectivity index is 0.00000120. The zero-order valence-electron chi connectivity index (χ0n) is 11.9. The Kier molecular flexibility index (Phi) is 3.75. The van der Waals surface area contributed by atoms with Gasteiger partial charge in [-0.3, -0.25) is 0 Å². The summed E-state index contributed by atoms with van der Waals surface area (Å²) in [6.45, 7) is 9.41. The Bertz CT molecular complexity index is 495.